The summed E-state index contributed by atoms with van der Waals surface area (Å²) in [5.41, 5.74) is 6.99. The minimum absolute atomic E-state index is 0.143. The van der Waals surface area contributed by atoms with Crippen molar-refractivity contribution in [3.63, 3.8) is 0 Å². The number of nitrogen functional groups attached to an aromatic ring is 2. The first-order chi connectivity index (χ1) is 14.4. The number of anilines is 3. The highest BCUT2D eigenvalue weighted by Crippen LogP contribution is 2.44. The molecule has 3 aromatic rings. The summed E-state index contributed by atoms with van der Waals surface area (Å²) in [6.45, 7) is 0. The van der Waals surface area contributed by atoms with Crippen molar-refractivity contribution in [2.24, 2.45) is 0 Å². The normalized spacial score (nSPS) is 11.9. The summed E-state index contributed by atoms with van der Waals surface area (Å²) in [5.74, 6) is -0.704. The number of hydrogen-bond donors (Lipinski definition) is 3. The molecule has 0 saturated carbocycles. The van der Waals surface area contributed by atoms with E-state index >= 15 is 0 Å². The molecule has 3 aromatic carbocycles. The van der Waals surface area contributed by atoms with Crippen LogP contribution >= 0.6 is 0 Å². The van der Waals surface area contributed by atoms with E-state index in [9.17, 15) is 31.1 Å². The minimum Gasteiger partial charge on any atom is -0.399 e. The molecule has 5 N–H and O–H groups in total. The minimum atomic E-state index is -4.98. The van der Waals surface area contributed by atoms with Crippen LogP contribution in [0.5, 0.6) is 0 Å². The highest BCUT2D eigenvalue weighted by Gasteiger charge is 2.38. The van der Waals surface area contributed by atoms with Crippen LogP contribution in [0.25, 0.3) is 11.1 Å². The predicted octanol–water partition coefficient (Wildman–Crippen LogP) is 5.81. The van der Waals surface area contributed by atoms with Gasteiger partial charge in [-0.2, -0.15) is 26.3 Å². The third-order valence-corrected chi connectivity index (χ3v) is 4.39. The molecule has 1 amide bonds. The molecule has 0 spiro atoms. The molecule has 0 bridgehead atoms. The Hall–Kier alpha value is -3.69. The summed E-state index contributed by atoms with van der Waals surface area (Å²) in [5, 5.41) is 2.30. The lowest BCUT2D eigenvalue weighted by molar-refractivity contribution is -0.139. The van der Waals surface area contributed by atoms with Crippen LogP contribution in [0.15, 0.2) is 60.7 Å². The Morgan fingerprint density at radius 2 is 1.16 bits per heavy atom. The van der Waals surface area contributed by atoms with Crippen molar-refractivity contribution in [3.8, 4) is 11.1 Å². The van der Waals surface area contributed by atoms with Gasteiger partial charge in [0.1, 0.15) is 0 Å². The van der Waals surface area contributed by atoms with E-state index < -0.39 is 40.5 Å². The fourth-order valence-electron chi connectivity index (χ4n) is 2.96. The van der Waals surface area contributed by atoms with Gasteiger partial charge in [0.15, 0.2) is 0 Å². The molecule has 0 unspecified atom stereocenters. The van der Waals surface area contributed by atoms with E-state index in [0.717, 1.165) is 24.3 Å². The summed E-state index contributed by atoms with van der Waals surface area (Å²) in [6.07, 6.45) is -9.91. The van der Waals surface area contributed by atoms with Crippen molar-refractivity contribution in [3.05, 3.63) is 77.4 Å². The number of alkyl halides is 6. The van der Waals surface area contributed by atoms with Gasteiger partial charge in [-0.15, -0.1) is 0 Å². The second kappa shape index (κ2) is 7.86. The Morgan fingerprint density at radius 1 is 0.677 bits per heavy atom. The molecule has 0 atom stereocenters. The first kappa shape index (κ1) is 22.0. The molecule has 0 fully saturated rings. The smallest absolute Gasteiger partial charge is 0.399 e. The lowest BCUT2D eigenvalue weighted by atomic mass is 9.93. The van der Waals surface area contributed by atoms with Gasteiger partial charge in [0, 0.05) is 22.6 Å². The van der Waals surface area contributed by atoms with Crippen LogP contribution < -0.4 is 16.8 Å². The van der Waals surface area contributed by atoms with Gasteiger partial charge in [-0.05, 0) is 59.7 Å². The van der Waals surface area contributed by atoms with E-state index in [-0.39, 0.29) is 16.9 Å². The van der Waals surface area contributed by atoms with Gasteiger partial charge in [-0.25, -0.2) is 0 Å². The SMILES string of the molecule is Nc1ccc(C(=O)Nc2ccc(-c3ccc(N)cc3C(F)(F)F)c(C(F)(F)F)c2)cc1. The number of benzene rings is 3. The molecule has 4 nitrogen and oxygen atoms in total. The lowest BCUT2D eigenvalue weighted by Crippen LogP contribution is -2.15. The predicted molar refractivity (Wildman–Crippen MR) is 105 cm³/mol. The van der Waals surface area contributed by atoms with Crippen LogP contribution in [-0.2, 0) is 12.4 Å². The van der Waals surface area contributed by atoms with Gasteiger partial charge in [-0.1, -0.05) is 12.1 Å². The first-order valence-corrected chi connectivity index (χ1v) is 8.71. The summed E-state index contributed by atoms with van der Waals surface area (Å²) in [4.78, 5) is 12.3. The molecule has 0 aliphatic heterocycles. The molecule has 31 heavy (non-hydrogen) atoms. The van der Waals surface area contributed by atoms with Crippen molar-refractivity contribution in [2.45, 2.75) is 12.4 Å². The number of carbonyl (C=O) groups is 1. The zero-order valence-electron chi connectivity index (χ0n) is 15.6. The van der Waals surface area contributed by atoms with Crippen LogP contribution in [0.1, 0.15) is 21.5 Å². The molecule has 162 valence electrons. The van der Waals surface area contributed by atoms with Gasteiger partial charge in [-0.3, -0.25) is 4.79 Å². The first-order valence-electron chi connectivity index (χ1n) is 8.71. The Bertz CT molecular complexity index is 1120. The van der Waals surface area contributed by atoms with E-state index in [4.69, 9.17) is 11.5 Å². The van der Waals surface area contributed by atoms with Gasteiger partial charge >= 0.3 is 12.4 Å². The van der Waals surface area contributed by atoms with E-state index in [1.54, 1.807) is 0 Å². The lowest BCUT2D eigenvalue weighted by Gasteiger charge is -2.19. The molecule has 3 rings (SSSR count). The number of nitrogens with one attached hydrogen (secondary N) is 1. The third kappa shape index (κ3) is 4.90. The Kier molecular flexibility index (Phi) is 5.58. The number of nitrogens with two attached hydrogens (primary N) is 2. The molecule has 0 saturated heterocycles. The summed E-state index contributed by atoms with van der Waals surface area (Å²) in [6, 6.07) is 10.8. The molecular weight excluding hydrogens is 424 g/mol. The Labute approximate surface area is 172 Å². The van der Waals surface area contributed by atoms with Gasteiger partial charge in [0.25, 0.3) is 5.91 Å². The number of carbonyl (C=O) groups excluding carboxylic acids is 1. The molecule has 10 heteroatoms. The average molecular weight is 439 g/mol. The van der Waals surface area contributed by atoms with Crippen LogP contribution in [-0.4, -0.2) is 5.91 Å². The van der Waals surface area contributed by atoms with Crippen molar-refractivity contribution in [1.82, 2.24) is 0 Å². The maximum Gasteiger partial charge on any atom is 0.417 e. The summed E-state index contributed by atoms with van der Waals surface area (Å²) >= 11 is 0. The number of hydrogen-bond acceptors (Lipinski definition) is 3. The zero-order valence-corrected chi connectivity index (χ0v) is 15.6. The highest BCUT2D eigenvalue weighted by molar-refractivity contribution is 6.04. The molecule has 0 radical (unpaired) electrons. The number of amides is 1. The average Bonchev–Trinajstić information content (AvgIpc) is 2.67. The van der Waals surface area contributed by atoms with Crippen LogP contribution in [0, 0.1) is 0 Å². The van der Waals surface area contributed by atoms with Crippen molar-refractivity contribution >= 4 is 23.0 Å². The Balaban J connectivity index is 2.07. The van der Waals surface area contributed by atoms with E-state index in [1.165, 1.54) is 24.3 Å². The van der Waals surface area contributed by atoms with E-state index in [0.29, 0.717) is 17.8 Å². The van der Waals surface area contributed by atoms with E-state index in [1.807, 2.05) is 0 Å². The fourth-order valence-corrected chi connectivity index (χ4v) is 2.96. The summed E-state index contributed by atoms with van der Waals surface area (Å²) in [7, 11) is 0. The molecule has 0 aliphatic carbocycles. The standard InChI is InChI=1S/C21H15F6N3O/c22-20(23,24)17-9-13(29)5-7-15(17)16-8-6-14(10-18(16)21(25,26)27)30-19(31)11-1-3-12(28)4-2-11/h1-10H,28-29H2,(H,30,31). The topological polar surface area (TPSA) is 81.1 Å². The second-order valence-corrected chi connectivity index (χ2v) is 6.64. The Morgan fingerprint density at radius 3 is 1.71 bits per heavy atom. The van der Waals surface area contributed by atoms with Gasteiger partial charge in [0.05, 0.1) is 11.1 Å². The molecule has 0 aliphatic rings. The van der Waals surface area contributed by atoms with Crippen molar-refractivity contribution in [1.29, 1.82) is 0 Å². The summed E-state index contributed by atoms with van der Waals surface area (Å²) < 4.78 is 81.3. The monoisotopic (exact) mass is 439 g/mol. The quantitative estimate of drug-likeness (QED) is 0.356. The van der Waals surface area contributed by atoms with Crippen molar-refractivity contribution < 1.29 is 31.1 Å². The van der Waals surface area contributed by atoms with Gasteiger partial charge in [0.2, 0.25) is 0 Å². The maximum atomic E-state index is 13.7. The number of rotatable bonds is 3. The largest absolute Gasteiger partial charge is 0.417 e. The van der Waals surface area contributed by atoms with E-state index in [2.05, 4.69) is 5.32 Å². The maximum absolute atomic E-state index is 13.7. The second-order valence-electron chi connectivity index (χ2n) is 6.64. The van der Waals surface area contributed by atoms with Crippen LogP contribution in [0.3, 0.4) is 0 Å². The van der Waals surface area contributed by atoms with Crippen molar-refractivity contribution in [2.75, 3.05) is 16.8 Å². The van der Waals surface area contributed by atoms with Gasteiger partial charge < -0.3 is 16.8 Å². The highest BCUT2D eigenvalue weighted by atomic mass is 19.4. The molecule has 0 heterocycles. The molecule has 0 aromatic heterocycles. The molecular formula is C21H15F6N3O. The third-order valence-electron chi connectivity index (χ3n) is 4.39. The fraction of sp³-hybridized carbons (Fsp3) is 0.0952. The van der Waals surface area contributed by atoms with Crippen LogP contribution in [0.4, 0.5) is 43.4 Å². The van der Waals surface area contributed by atoms with Crippen LogP contribution in [0.2, 0.25) is 0 Å². The number of halogens is 6. The zero-order chi connectivity index (χ0) is 23.0.